The first kappa shape index (κ1) is 12.0. The molecule has 5 nitrogen and oxygen atoms in total. The van der Waals surface area contributed by atoms with Crippen molar-refractivity contribution in [2.24, 2.45) is 0 Å². The molecule has 1 amide bonds. The summed E-state index contributed by atoms with van der Waals surface area (Å²) in [5.41, 5.74) is 0. The maximum Gasteiger partial charge on any atom is 0.327 e. The quantitative estimate of drug-likeness (QED) is 0.694. The minimum atomic E-state index is -0.924. The molecule has 1 aliphatic heterocycles. The molecular weight excluding hydrogens is 196 g/mol. The molecule has 0 aromatic carbocycles. The Morgan fingerprint density at radius 2 is 2.27 bits per heavy atom. The number of rotatable bonds is 4. The zero-order valence-corrected chi connectivity index (χ0v) is 9.03. The second-order valence-corrected chi connectivity index (χ2v) is 3.75. The Kier molecular flexibility index (Phi) is 4.55. The van der Waals surface area contributed by atoms with Crippen molar-refractivity contribution in [3.63, 3.8) is 0 Å². The molecule has 0 radical (unpaired) electrons. The second kappa shape index (κ2) is 5.70. The van der Waals surface area contributed by atoms with Gasteiger partial charge in [-0.2, -0.15) is 0 Å². The first-order chi connectivity index (χ1) is 7.16. The molecule has 1 atom stereocenters. The molecule has 1 aliphatic rings. The lowest BCUT2D eigenvalue weighted by Crippen LogP contribution is -2.56. The van der Waals surface area contributed by atoms with Crippen LogP contribution < -0.4 is 5.32 Å². The van der Waals surface area contributed by atoms with Gasteiger partial charge in [-0.25, -0.2) is 4.79 Å². The zero-order chi connectivity index (χ0) is 11.3. The van der Waals surface area contributed by atoms with Gasteiger partial charge in [0.05, 0.1) is 0 Å². The van der Waals surface area contributed by atoms with Gasteiger partial charge < -0.3 is 15.3 Å². The van der Waals surface area contributed by atoms with Gasteiger partial charge in [-0.15, -0.1) is 0 Å². The van der Waals surface area contributed by atoms with E-state index in [-0.39, 0.29) is 5.91 Å². The van der Waals surface area contributed by atoms with E-state index in [0.29, 0.717) is 26.1 Å². The number of carbonyl (C=O) groups excluding carboxylic acids is 1. The number of carbonyl (C=O) groups is 2. The second-order valence-electron chi connectivity index (χ2n) is 3.75. The molecule has 0 bridgehead atoms. The number of amides is 1. The summed E-state index contributed by atoms with van der Waals surface area (Å²) in [6.45, 7) is 3.55. The van der Waals surface area contributed by atoms with Gasteiger partial charge in [0.1, 0.15) is 6.04 Å². The fourth-order valence-corrected chi connectivity index (χ4v) is 1.70. The summed E-state index contributed by atoms with van der Waals surface area (Å²) in [6.07, 6.45) is 2.24. The number of nitrogens with one attached hydrogen (secondary N) is 1. The smallest absolute Gasteiger partial charge is 0.327 e. The van der Waals surface area contributed by atoms with Crippen LogP contribution >= 0.6 is 0 Å². The lowest BCUT2D eigenvalue weighted by molar-refractivity contribution is -0.151. The monoisotopic (exact) mass is 214 g/mol. The standard InChI is InChI=1S/C10H18N2O3/c1-2-3-4-9(13)12-6-5-11-7-8(12)10(14)15/h8,11H,2-7H2,1H3,(H,14,15). The SMILES string of the molecule is CCCCC(=O)N1CCNCC1C(=O)O. The van der Waals surface area contributed by atoms with Crippen LogP contribution in [-0.2, 0) is 9.59 Å². The Balaban J connectivity index is 2.55. The van der Waals surface area contributed by atoms with Gasteiger partial charge in [0.25, 0.3) is 0 Å². The highest BCUT2D eigenvalue weighted by atomic mass is 16.4. The molecule has 1 saturated heterocycles. The van der Waals surface area contributed by atoms with Crippen LogP contribution in [0.5, 0.6) is 0 Å². The fourth-order valence-electron chi connectivity index (χ4n) is 1.70. The Labute approximate surface area is 89.4 Å². The van der Waals surface area contributed by atoms with Crippen LogP contribution in [0.3, 0.4) is 0 Å². The molecule has 0 aromatic rings. The first-order valence-electron chi connectivity index (χ1n) is 5.39. The molecule has 2 N–H and O–H groups in total. The van der Waals surface area contributed by atoms with Gasteiger partial charge in [-0.05, 0) is 6.42 Å². The maximum absolute atomic E-state index is 11.7. The first-order valence-corrected chi connectivity index (χ1v) is 5.39. The van der Waals surface area contributed by atoms with E-state index < -0.39 is 12.0 Å². The Hall–Kier alpha value is -1.10. The Morgan fingerprint density at radius 3 is 2.87 bits per heavy atom. The lowest BCUT2D eigenvalue weighted by atomic mass is 10.1. The van der Waals surface area contributed by atoms with Crippen molar-refractivity contribution < 1.29 is 14.7 Å². The van der Waals surface area contributed by atoms with Gasteiger partial charge in [0.2, 0.25) is 5.91 Å². The minimum absolute atomic E-state index is 0.0363. The van der Waals surface area contributed by atoms with Crippen molar-refractivity contribution in [2.75, 3.05) is 19.6 Å². The van der Waals surface area contributed by atoms with Gasteiger partial charge in [0, 0.05) is 26.1 Å². The van der Waals surface area contributed by atoms with Gasteiger partial charge in [-0.3, -0.25) is 4.79 Å². The van der Waals surface area contributed by atoms with Gasteiger partial charge in [0.15, 0.2) is 0 Å². The number of carboxylic acids is 1. The van der Waals surface area contributed by atoms with E-state index in [1.165, 1.54) is 4.90 Å². The summed E-state index contributed by atoms with van der Waals surface area (Å²) < 4.78 is 0. The van der Waals surface area contributed by atoms with Crippen molar-refractivity contribution in [2.45, 2.75) is 32.2 Å². The van der Waals surface area contributed by atoms with Crippen LogP contribution in [0.2, 0.25) is 0 Å². The van der Waals surface area contributed by atoms with E-state index in [2.05, 4.69) is 5.32 Å². The average Bonchev–Trinajstić information content (AvgIpc) is 2.25. The molecule has 1 rings (SSSR count). The number of nitrogens with zero attached hydrogens (tertiary/aromatic N) is 1. The van der Waals surface area contributed by atoms with E-state index >= 15 is 0 Å². The predicted octanol–water partition coefficient (Wildman–Crippen LogP) is 0.0616. The van der Waals surface area contributed by atoms with E-state index in [1.807, 2.05) is 6.92 Å². The molecule has 1 unspecified atom stereocenters. The fraction of sp³-hybridized carbons (Fsp3) is 0.800. The molecular formula is C10H18N2O3. The van der Waals surface area contributed by atoms with Crippen molar-refractivity contribution in [3.8, 4) is 0 Å². The van der Waals surface area contributed by atoms with Crippen LogP contribution in [-0.4, -0.2) is 47.6 Å². The summed E-state index contributed by atoms with van der Waals surface area (Å²) in [5.74, 6) is -0.960. The Bertz CT molecular complexity index is 243. The molecule has 0 saturated carbocycles. The van der Waals surface area contributed by atoms with Crippen LogP contribution in [0.4, 0.5) is 0 Å². The third kappa shape index (κ3) is 3.20. The molecule has 5 heteroatoms. The molecule has 1 heterocycles. The number of piperazine rings is 1. The summed E-state index contributed by atoms with van der Waals surface area (Å²) in [4.78, 5) is 24.1. The lowest BCUT2D eigenvalue weighted by Gasteiger charge is -2.33. The Morgan fingerprint density at radius 1 is 1.53 bits per heavy atom. The van der Waals surface area contributed by atoms with E-state index in [0.717, 1.165) is 12.8 Å². The van der Waals surface area contributed by atoms with Crippen molar-refractivity contribution in [3.05, 3.63) is 0 Å². The highest BCUT2D eigenvalue weighted by Crippen LogP contribution is 2.08. The van der Waals surface area contributed by atoms with Crippen LogP contribution in [0, 0.1) is 0 Å². The van der Waals surface area contributed by atoms with Crippen molar-refractivity contribution >= 4 is 11.9 Å². The summed E-state index contributed by atoms with van der Waals surface area (Å²) in [5, 5.41) is 11.9. The maximum atomic E-state index is 11.7. The molecule has 0 aliphatic carbocycles. The topological polar surface area (TPSA) is 69.6 Å². The molecule has 86 valence electrons. The molecule has 0 spiro atoms. The number of aliphatic carboxylic acids is 1. The molecule has 0 aromatic heterocycles. The van der Waals surface area contributed by atoms with Crippen LogP contribution in [0.15, 0.2) is 0 Å². The molecule has 15 heavy (non-hydrogen) atoms. The van der Waals surface area contributed by atoms with Gasteiger partial charge >= 0.3 is 5.97 Å². The highest BCUT2D eigenvalue weighted by molar-refractivity contribution is 5.84. The zero-order valence-electron chi connectivity index (χ0n) is 9.03. The van der Waals surface area contributed by atoms with E-state index in [1.54, 1.807) is 0 Å². The van der Waals surface area contributed by atoms with Gasteiger partial charge in [-0.1, -0.05) is 13.3 Å². The van der Waals surface area contributed by atoms with E-state index in [4.69, 9.17) is 5.11 Å². The third-order valence-corrected chi connectivity index (χ3v) is 2.59. The minimum Gasteiger partial charge on any atom is -0.480 e. The number of hydrogen-bond donors (Lipinski definition) is 2. The normalized spacial score (nSPS) is 21.4. The highest BCUT2D eigenvalue weighted by Gasteiger charge is 2.31. The summed E-state index contributed by atoms with van der Waals surface area (Å²) >= 11 is 0. The average molecular weight is 214 g/mol. The molecule has 1 fully saturated rings. The summed E-state index contributed by atoms with van der Waals surface area (Å²) in [6, 6.07) is -0.692. The third-order valence-electron chi connectivity index (χ3n) is 2.59. The van der Waals surface area contributed by atoms with Crippen LogP contribution in [0.25, 0.3) is 0 Å². The van der Waals surface area contributed by atoms with E-state index in [9.17, 15) is 9.59 Å². The largest absolute Gasteiger partial charge is 0.480 e. The number of unbranched alkanes of at least 4 members (excludes halogenated alkanes) is 1. The van der Waals surface area contributed by atoms with Crippen molar-refractivity contribution in [1.29, 1.82) is 0 Å². The summed E-state index contributed by atoms with van der Waals surface area (Å²) in [7, 11) is 0. The number of hydrogen-bond acceptors (Lipinski definition) is 3. The number of carboxylic acid groups (broad SMARTS) is 1. The predicted molar refractivity (Wildman–Crippen MR) is 55.5 cm³/mol. The van der Waals surface area contributed by atoms with Crippen molar-refractivity contribution in [1.82, 2.24) is 10.2 Å². The van der Waals surface area contributed by atoms with Crippen LogP contribution in [0.1, 0.15) is 26.2 Å².